The van der Waals surface area contributed by atoms with Gasteiger partial charge in [-0.25, -0.2) is 0 Å². The Bertz CT molecular complexity index is 708. The Hall–Kier alpha value is -1.81. The van der Waals surface area contributed by atoms with E-state index in [9.17, 15) is 4.79 Å². The summed E-state index contributed by atoms with van der Waals surface area (Å²) in [5.74, 6) is 0.0768. The zero-order chi connectivity index (χ0) is 15.8. The van der Waals surface area contributed by atoms with Gasteiger partial charge in [-0.15, -0.1) is 0 Å². The summed E-state index contributed by atoms with van der Waals surface area (Å²) in [7, 11) is 0. The van der Waals surface area contributed by atoms with Gasteiger partial charge in [0.2, 0.25) is 0 Å². The lowest BCUT2D eigenvalue weighted by Crippen LogP contribution is -2.45. The van der Waals surface area contributed by atoms with Gasteiger partial charge in [0.25, 0.3) is 5.91 Å². The first-order chi connectivity index (χ1) is 11.3. The molecule has 2 heterocycles. The predicted octanol–water partition coefficient (Wildman–Crippen LogP) is 3.02. The summed E-state index contributed by atoms with van der Waals surface area (Å²) in [6.45, 7) is 5.17. The quantitative estimate of drug-likeness (QED) is 0.942. The molecule has 1 N–H and O–H groups in total. The van der Waals surface area contributed by atoms with Gasteiger partial charge >= 0.3 is 0 Å². The molecule has 2 aromatic rings. The van der Waals surface area contributed by atoms with E-state index in [4.69, 9.17) is 0 Å². The molecular formula is C19H25N3O. The van der Waals surface area contributed by atoms with E-state index in [0.717, 1.165) is 55.1 Å². The molecule has 4 rings (SSSR count). The van der Waals surface area contributed by atoms with Crippen LogP contribution in [0.2, 0.25) is 0 Å². The summed E-state index contributed by atoms with van der Waals surface area (Å²) >= 11 is 0. The van der Waals surface area contributed by atoms with Crippen molar-refractivity contribution < 1.29 is 4.79 Å². The van der Waals surface area contributed by atoms with Crippen LogP contribution >= 0.6 is 0 Å². The number of carbonyl (C=O) groups excluding carboxylic acids is 1. The van der Waals surface area contributed by atoms with Crippen LogP contribution in [0.4, 0.5) is 0 Å². The van der Waals surface area contributed by atoms with Gasteiger partial charge in [0, 0.05) is 42.6 Å². The molecule has 1 saturated heterocycles. The Morgan fingerprint density at radius 1 is 1.17 bits per heavy atom. The Balaban J connectivity index is 1.46. The molecule has 1 amide bonds. The summed E-state index contributed by atoms with van der Waals surface area (Å²) in [5.41, 5.74) is 1.93. The number of nitrogens with one attached hydrogen (secondary N) is 1. The molecule has 0 bridgehead atoms. The van der Waals surface area contributed by atoms with E-state index in [1.165, 1.54) is 12.8 Å². The highest BCUT2D eigenvalue weighted by atomic mass is 16.2. The van der Waals surface area contributed by atoms with Crippen LogP contribution in [0.1, 0.15) is 43.1 Å². The number of amides is 1. The highest BCUT2D eigenvalue weighted by Gasteiger charge is 2.32. The Morgan fingerprint density at radius 2 is 1.91 bits per heavy atom. The standard InChI is InChI=1S/C19H25N3O/c1-2-22-17-6-4-3-5-14(17)13-18(22)19(23)20-15-9-11-21(12-10-15)16-7-8-16/h3-6,13,15-16H,2,7-12H2,1H3,(H,20,23). The zero-order valence-corrected chi connectivity index (χ0v) is 13.8. The number of hydrogen-bond acceptors (Lipinski definition) is 2. The molecule has 2 aliphatic rings. The molecule has 0 spiro atoms. The minimum atomic E-state index is 0.0768. The SMILES string of the molecule is CCn1c(C(=O)NC2CCN(C3CC3)CC2)cc2ccccc21. The number of para-hydroxylation sites is 1. The van der Waals surface area contributed by atoms with Crippen molar-refractivity contribution in [3.63, 3.8) is 0 Å². The number of aromatic nitrogens is 1. The summed E-state index contributed by atoms with van der Waals surface area (Å²) in [5, 5.41) is 4.41. The number of nitrogens with zero attached hydrogens (tertiary/aromatic N) is 2. The van der Waals surface area contributed by atoms with E-state index >= 15 is 0 Å². The molecule has 2 fully saturated rings. The fourth-order valence-corrected chi connectivity index (χ4v) is 3.85. The topological polar surface area (TPSA) is 37.3 Å². The maximum atomic E-state index is 12.7. The van der Waals surface area contributed by atoms with Gasteiger partial charge in [0.05, 0.1) is 0 Å². The van der Waals surface area contributed by atoms with E-state index in [1.54, 1.807) is 0 Å². The molecule has 0 radical (unpaired) electrons. The minimum Gasteiger partial charge on any atom is -0.348 e. The third-order valence-electron chi connectivity index (χ3n) is 5.29. The first kappa shape index (κ1) is 14.8. The second-order valence-electron chi connectivity index (χ2n) is 6.85. The van der Waals surface area contributed by atoms with E-state index in [1.807, 2.05) is 18.2 Å². The van der Waals surface area contributed by atoms with Gasteiger partial charge in [-0.2, -0.15) is 0 Å². The lowest BCUT2D eigenvalue weighted by Gasteiger charge is -2.32. The second-order valence-corrected chi connectivity index (χ2v) is 6.85. The van der Waals surface area contributed by atoms with Crippen molar-refractivity contribution >= 4 is 16.8 Å². The molecule has 1 aromatic carbocycles. The van der Waals surface area contributed by atoms with E-state index < -0.39 is 0 Å². The summed E-state index contributed by atoms with van der Waals surface area (Å²) < 4.78 is 2.12. The molecule has 0 atom stereocenters. The molecule has 23 heavy (non-hydrogen) atoms. The fourth-order valence-electron chi connectivity index (χ4n) is 3.85. The normalized spacial score (nSPS) is 20.0. The van der Waals surface area contributed by atoms with Crippen LogP contribution in [-0.2, 0) is 6.54 Å². The molecule has 0 unspecified atom stereocenters. The van der Waals surface area contributed by atoms with Crippen LogP contribution < -0.4 is 5.32 Å². The van der Waals surface area contributed by atoms with Crippen LogP contribution in [-0.4, -0.2) is 40.5 Å². The number of hydrogen-bond donors (Lipinski definition) is 1. The van der Waals surface area contributed by atoms with Crippen molar-refractivity contribution in [3.8, 4) is 0 Å². The molecular weight excluding hydrogens is 286 g/mol. The number of piperidine rings is 1. The van der Waals surface area contributed by atoms with Gasteiger partial charge in [0.1, 0.15) is 5.69 Å². The Morgan fingerprint density at radius 3 is 2.61 bits per heavy atom. The maximum absolute atomic E-state index is 12.7. The van der Waals surface area contributed by atoms with Crippen LogP contribution in [0, 0.1) is 0 Å². The van der Waals surface area contributed by atoms with Crippen molar-refractivity contribution in [2.75, 3.05) is 13.1 Å². The number of likely N-dealkylation sites (tertiary alicyclic amines) is 1. The third kappa shape index (κ3) is 2.88. The molecule has 1 saturated carbocycles. The van der Waals surface area contributed by atoms with Crippen LogP contribution in [0.15, 0.2) is 30.3 Å². The Labute approximate surface area is 137 Å². The first-order valence-corrected chi connectivity index (χ1v) is 8.89. The molecule has 1 aliphatic carbocycles. The fraction of sp³-hybridized carbons (Fsp3) is 0.526. The van der Waals surface area contributed by atoms with Crippen molar-refractivity contribution in [2.24, 2.45) is 0 Å². The first-order valence-electron chi connectivity index (χ1n) is 8.89. The van der Waals surface area contributed by atoms with Crippen molar-refractivity contribution in [1.29, 1.82) is 0 Å². The van der Waals surface area contributed by atoms with E-state index in [-0.39, 0.29) is 5.91 Å². The highest BCUT2D eigenvalue weighted by Crippen LogP contribution is 2.29. The average Bonchev–Trinajstić information content (AvgIpc) is 3.35. The van der Waals surface area contributed by atoms with Crippen LogP contribution in [0.25, 0.3) is 10.9 Å². The smallest absolute Gasteiger partial charge is 0.268 e. The number of fused-ring (bicyclic) bond motifs is 1. The summed E-state index contributed by atoms with van der Waals surface area (Å²) in [6.07, 6.45) is 4.89. The third-order valence-corrected chi connectivity index (χ3v) is 5.29. The zero-order valence-electron chi connectivity index (χ0n) is 13.8. The molecule has 4 nitrogen and oxygen atoms in total. The van der Waals surface area contributed by atoms with Crippen molar-refractivity contribution in [1.82, 2.24) is 14.8 Å². The minimum absolute atomic E-state index is 0.0768. The van der Waals surface area contributed by atoms with Gasteiger partial charge in [0.15, 0.2) is 0 Å². The second kappa shape index (κ2) is 6.00. The number of rotatable bonds is 4. The van der Waals surface area contributed by atoms with Gasteiger partial charge in [-0.1, -0.05) is 18.2 Å². The van der Waals surface area contributed by atoms with Crippen molar-refractivity contribution in [2.45, 2.75) is 51.2 Å². The predicted molar refractivity (Wildman–Crippen MR) is 92.7 cm³/mol. The van der Waals surface area contributed by atoms with Gasteiger partial charge in [-0.05, 0) is 44.7 Å². The van der Waals surface area contributed by atoms with Crippen LogP contribution in [0.5, 0.6) is 0 Å². The Kier molecular flexibility index (Phi) is 3.85. The summed E-state index contributed by atoms with van der Waals surface area (Å²) in [4.78, 5) is 15.3. The summed E-state index contributed by atoms with van der Waals surface area (Å²) in [6, 6.07) is 11.4. The van der Waals surface area contributed by atoms with Crippen molar-refractivity contribution in [3.05, 3.63) is 36.0 Å². The lowest BCUT2D eigenvalue weighted by molar-refractivity contribution is 0.0900. The van der Waals surface area contributed by atoms with Gasteiger partial charge in [-0.3, -0.25) is 4.79 Å². The molecule has 1 aliphatic heterocycles. The molecule has 122 valence electrons. The molecule has 4 heteroatoms. The number of carbonyl (C=O) groups is 1. The highest BCUT2D eigenvalue weighted by molar-refractivity contribution is 5.98. The average molecular weight is 311 g/mol. The number of aryl methyl sites for hydroxylation is 1. The van der Waals surface area contributed by atoms with Gasteiger partial charge < -0.3 is 14.8 Å². The van der Waals surface area contributed by atoms with E-state index in [0.29, 0.717) is 6.04 Å². The largest absolute Gasteiger partial charge is 0.348 e. The van der Waals surface area contributed by atoms with Crippen LogP contribution in [0.3, 0.4) is 0 Å². The number of benzene rings is 1. The van der Waals surface area contributed by atoms with E-state index in [2.05, 4.69) is 33.8 Å². The molecule has 1 aromatic heterocycles. The lowest BCUT2D eigenvalue weighted by atomic mass is 10.0. The monoisotopic (exact) mass is 311 g/mol. The maximum Gasteiger partial charge on any atom is 0.268 e.